The first-order valence-corrected chi connectivity index (χ1v) is 11.8. The Morgan fingerprint density at radius 2 is 1.76 bits per heavy atom. The minimum absolute atomic E-state index is 0.327. The van der Waals surface area contributed by atoms with Gasteiger partial charge in [-0.15, -0.1) is 20.4 Å². The van der Waals surface area contributed by atoms with Gasteiger partial charge in [0, 0.05) is 11.1 Å². The van der Waals surface area contributed by atoms with Gasteiger partial charge in [-0.05, 0) is 30.7 Å². The van der Waals surface area contributed by atoms with E-state index in [1.165, 1.54) is 44.4 Å². The summed E-state index contributed by atoms with van der Waals surface area (Å²) >= 11 is 2.63. The highest BCUT2D eigenvalue weighted by atomic mass is 32.2. The molecule has 0 fully saturated rings. The van der Waals surface area contributed by atoms with Crippen molar-refractivity contribution in [3.63, 3.8) is 0 Å². The molecule has 10 nitrogen and oxygen atoms in total. The second kappa shape index (κ2) is 10.5. The van der Waals surface area contributed by atoms with Crippen molar-refractivity contribution >= 4 is 34.1 Å². The molecule has 34 heavy (non-hydrogen) atoms. The van der Waals surface area contributed by atoms with Crippen LogP contribution in [0.5, 0.6) is 17.2 Å². The molecule has 0 saturated carbocycles. The van der Waals surface area contributed by atoms with Gasteiger partial charge < -0.3 is 18.6 Å². The van der Waals surface area contributed by atoms with Gasteiger partial charge in [-0.2, -0.15) is 0 Å². The molecule has 4 aromatic rings. The lowest BCUT2D eigenvalue weighted by Crippen LogP contribution is -2.12. The number of thioether (sulfide) groups is 1. The number of ether oxygens (including phenoxy) is 3. The van der Waals surface area contributed by atoms with Crippen LogP contribution >= 0.6 is 23.1 Å². The van der Waals surface area contributed by atoms with Gasteiger partial charge in [0.2, 0.25) is 22.7 Å². The summed E-state index contributed by atoms with van der Waals surface area (Å²) in [6.07, 6.45) is 0. The molecule has 0 saturated heterocycles. The maximum absolute atomic E-state index is 12.7. The molecule has 0 atom stereocenters. The second-order valence-electron chi connectivity index (χ2n) is 6.85. The van der Waals surface area contributed by atoms with E-state index in [9.17, 15) is 4.79 Å². The largest absolute Gasteiger partial charge is 0.493 e. The fourth-order valence-electron chi connectivity index (χ4n) is 3.06. The average molecular weight is 500 g/mol. The fraction of sp³-hybridized carbons (Fsp3) is 0.227. The van der Waals surface area contributed by atoms with Crippen LogP contribution in [0.15, 0.2) is 45.2 Å². The molecule has 0 aliphatic carbocycles. The highest BCUT2D eigenvalue weighted by molar-refractivity contribution is 8.00. The maximum atomic E-state index is 12.7. The number of anilines is 1. The molecule has 2 aromatic carbocycles. The van der Waals surface area contributed by atoms with Gasteiger partial charge in [0.25, 0.3) is 5.91 Å². The number of aromatic nitrogens is 4. The summed E-state index contributed by atoms with van der Waals surface area (Å²) in [7, 11) is 4.47. The normalized spacial score (nSPS) is 10.7. The molecule has 0 spiro atoms. The van der Waals surface area contributed by atoms with E-state index >= 15 is 0 Å². The first-order valence-electron chi connectivity index (χ1n) is 9.98. The number of aryl methyl sites for hydroxylation is 1. The number of methoxy groups -OCH3 is 3. The molecular formula is C22H21N5O5S2. The summed E-state index contributed by atoms with van der Waals surface area (Å²) in [6.45, 7) is 1.99. The van der Waals surface area contributed by atoms with E-state index in [1.54, 1.807) is 12.1 Å². The molecule has 0 unspecified atom stereocenters. The van der Waals surface area contributed by atoms with Gasteiger partial charge in [0.1, 0.15) is 0 Å². The summed E-state index contributed by atoms with van der Waals surface area (Å²) in [6, 6.07) is 10.9. The Morgan fingerprint density at radius 3 is 2.44 bits per heavy atom. The van der Waals surface area contributed by atoms with Crippen LogP contribution in [0.1, 0.15) is 21.8 Å². The molecule has 176 valence electrons. The van der Waals surface area contributed by atoms with Crippen molar-refractivity contribution in [1.82, 2.24) is 20.4 Å². The second-order valence-corrected chi connectivity index (χ2v) is 9.05. The summed E-state index contributed by atoms with van der Waals surface area (Å²) in [5.74, 6) is 2.16. The number of benzene rings is 2. The zero-order valence-corrected chi connectivity index (χ0v) is 20.5. The van der Waals surface area contributed by atoms with E-state index in [2.05, 4.69) is 25.7 Å². The first kappa shape index (κ1) is 23.5. The summed E-state index contributed by atoms with van der Waals surface area (Å²) in [4.78, 5) is 12.7. The number of carbonyl (C=O) groups is 1. The topological polar surface area (TPSA) is 121 Å². The van der Waals surface area contributed by atoms with Gasteiger partial charge in [0.05, 0.1) is 27.1 Å². The number of nitrogens with one attached hydrogen (secondary N) is 1. The van der Waals surface area contributed by atoms with Crippen LogP contribution in [0.3, 0.4) is 0 Å². The minimum atomic E-state index is -0.383. The molecule has 0 aliphatic heterocycles. The average Bonchev–Trinajstić information content (AvgIpc) is 3.51. The number of carbonyl (C=O) groups excluding carboxylic acids is 1. The molecule has 1 N–H and O–H groups in total. The zero-order chi connectivity index (χ0) is 24.1. The Kier molecular flexibility index (Phi) is 7.28. The Hall–Kier alpha value is -3.64. The van der Waals surface area contributed by atoms with Crippen LogP contribution < -0.4 is 19.5 Å². The predicted octanol–water partition coefficient (Wildman–Crippen LogP) is 4.47. The molecule has 0 aliphatic rings. The van der Waals surface area contributed by atoms with Crippen LogP contribution in [0.2, 0.25) is 0 Å². The lowest BCUT2D eigenvalue weighted by Gasteiger charge is -2.13. The summed E-state index contributed by atoms with van der Waals surface area (Å²) in [5.41, 5.74) is 2.29. The van der Waals surface area contributed by atoms with Gasteiger partial charge in [-0.1, -0.05) is 41.3 Å². The lowest BCUT2D eigenvalue weighted by atomic mass is 10.1. The van der Waals surface area contributed by atoms with Crippen molar-refractivity contribution < 1.29 is 23.4 Å². The number of rotatable bonds is 9. The molecule has 4 rings (SSSR count). The van der Waals surface area contributed by atoms with Crippen molar-refractivity contribution in [2.75, 3.05) is 26.6 Å². The Bertz CT molecular complexity index is 1280. The third-order valence-electron chi connectivity index (χ3n) is 4.72. The van der Waals surface area contributed by atoms with E-state index in [0.29, 0.717) is 49.8 Å². The summed E-state index contributed by atoms with van der Waals surface area (Å²) in [5, 5.41) is 19.5. The van der Waals surface area contributed by atoms with Crippen molar-refractivity contribution in [3.8, 4) is 28.7 Å². The minimum Gasteiger partial charge on any atom is -0.493 e. The molecule has 12 heteroatoms. The van der Waals surface area contributed by atoms with Crippen LogP contribution in [0.25, 0.3) is 11.5 Å². The maximum Gasteiger partial charge on any atom is 0.257 e. The van der Waals surface area contributed by atoms with E-state index in [4.69, 9.17) is 18.6 Å². The number of hydrogen-bond acceptors (Lipinski definition) is 11. The molecule has 0 bridgehead atoms. The molecule has 2 heterocycles. The van der Waals surface area contributed by atoms with E-state index in [0.717, 1.165) is 11.1 Å². The molecule has 2 aromatic heterocycles. The Labute approximate surface area is 203 Å². The number of amides is 1. The zero-order valence-electron chi connectivity index (χ0n) is 18.8. The highest BCUT2D eigenvalue weighted by Gasteiger charge is 2.19. The van der Waals surface area contributed by atoms with Gasteiger partial charge in [-0.25, -0.2) is 0 Å². The first-order chi connectivity index (χ1) is 16.5. The Balaban J connectivity index is 1.40. The van der Waals surface area contributed by atoms with Crippen molar-refractivity contribution in [3.05, 3.63) is 53.4 Å². The monoisotopic (exact) mass is 499 g/mol. The van der Waals surface area contributed by atoms with Gasteiger partial charge in [0.15, 0.2) is 15.8 Å². The molecule has 1 amide bonds. The fourth-order valence-corrected chi connectivity index (χ4v) is 4.64. The standard InChI is InChI=1S/C22H21N5O5S2/c1-12-7-5-6-8-14(12)20-25-24-17(32-20)11-33-22-27-26-21(34-22)23-19(28)13-9-15(29-2)18(31-4)16(10-13)30-3/h5-10H,11H2,1-4H3,(H,23,26,28). The van der Waals surface area contributed by atoms with Crippen molar-refractivity contribution in [1.29, 1.82) is 0 Å². The van der Waals surface area contributed by atoms with Gasteiger partial charge >= 0.3 is 0 Å². The quantitative estimate of drug-likeness (QED) is 0.261. The SMILES string of the molecule is COc1cc(C(=O)Nc2nnc(SCc3nnc(-c4ccccc4C)o3)s2)cc(OC)c1OC. The van der Waals surface area contributed by atoms with Crippen molar-refractivity contribution in [2.45, 2.75) is 17.0 Å². The third kappa shape index (κ3) is 5.13. The van der Waals surface area contributed by atoms with E-state index < -0.39 is 0 Å². The molecular weight excluding hydrogens is 478 g/mol. The van der Waals surface area contributed by atoms with E-state index in [-0.39, 0.29) is 5.91 Å². The number of nitrogens with zero attached hydrogens (tertiary/aromatic N) is 4. The molecule has 0 radical (unpaired) electrons. The Morgan fingerprint density at radius 1 is 1.03 bits per heavy atom. The van der Waals surface area contributed by atoms with Crippen LogP contribution in [-0.2, 0) is 5.75 Å². The van der Waals surface area contributed by atoms with Crippen LogP contribution in [-0.4, -0.2) is 47.6 Å². The summed E-state index contributed by atoms with van der Waals surface area (Å²) < 4.78 is 22.3. The van der Waals surface area contributed by atoms with Crippen LogP contribution in [0.4, 0.5) is 5.13 Å². The van der Waals surface area contributed by atoms with Crippen molar-refractivity contribution in [2.24, 2.45) is 0 Å². The lowest BCUT2D eigenvalue weighted by molar-refractivity contribution is 0.102. The predicted molar refractivity (Wildman–Crippen MR) is 128 cm³/mol. The smallest absolute Gasteiger partial charge is 0.257 e. The van der Waals surface area contributed by atoms with E-state index in [1.807, 2.05) is 31.2 Å². The highest BCUT2D eigenvalue weighted by Crippen LogP contribution is 2.38. The number of hydrogen-bond donors (Lipinski definition) is 1. The van der Waals surface area contributed by atoms with Gasteiger partial charge in [-0.3, -0.25) is 10.1 Å². The third-order valence-corrected chi connectivity index (χ3v) is 6.67. The van der Waals surface area contributed by atoms with Crippen LogP contribution in [0, 0.1) is 6.92 Å².